The third-order valence-corrected chi connectivity index (χ3v) is 2.97. The third kappa shape index (κ3) is 3.54. The molecule has 0 aliphatic carbocycles. The highest BCUT2D eigenvalue weighted by Crippen LogP contribution is 2.07. The molecular weight excluding hydrogens is 288 g/mol. The molecule has 0 unspecified atom stereocenters. The van der Waals surface area contributed by atoms with Crippen LogP contribution in [-0.4, -0.2) is 21.6 Å². The van der Waals surface area contributed by atoms with Crippen molar-refractivity contribution in [1.82, 2.24) is 14.6 Å². The molecule has 8 heteroatoms. The Morgan fingerprint density at radius 1 is 1.14 bits per heavy atom. The number of hydrazine groups is 1. The molecule has 2 aromatic rings. The molecule has 2 N–H and O–H groups in total. The molecule has 2 rings (SSSR count). The topological polar surface area (TPSA) is 94.4 Å². The molecule has 22 heavy (non-hydrogen) atoms. The lowest BCUT2D eigenvalue weighted by Crippen LogP contribution is -2.41. The van der Waals surface area contributed by atoms with E-state index in [1.807, 2.05) is 6.07 Å². The van der Waals surface area contributed by atoms with E-state index >= 15 is 0 Å². The van der Waals surface area contributed by atoms with Crippen molar-refractivity contribution in [2.45, 2.75) is 0 Å². The number of nitrogens with one attached hydrogen (secondary N) is 2. The zero-order valence-electron chi connectivity index (χ0n) is 12.2. The molecule has 0 spiro atoms. The quantitative estimate of drug-likeness (QED) is 0.733. The van der Waals surface area contributed by atoms with Crippen molar-refractivity contribution < 1.29 is 9.53 Å². The summed E-state index contributed by atoms with van der Waals surface area (Å²) in [6.07, 6.45) is 0. The van der Waals surface area contributed by atoms with Crippen LogP contribution < -0.4 is 26.8 Å². The zero-order valence-corrected chi connectivity index (χ0v) is 12.2. The summed E-state index contributed by atoms with van der Waals surface area (Å²) in [4.78, 5) is 34.9. The Morgan fingerprint density at radius 2 is 1.82 bits per heavy atom. The summed E-state index contributed by atoms with van der Waals surface area (Å²) in [5, 5.41) is 0. The number of anilines is 1. The van der Waals surface area contributed by atoms with Gasteiger partial charge in [-0.15, -0.1) is 0 Å². The van der Waals surface area contributed by atoms with Gasteiger partial charge in [0.25, 0.3) is 11.5 Å². The van der Waals surface area contributed by atoms with Crippen LogP contribution >= 0.6 is 0 Å². The molecule has 0 atom stereocenters. The minimum Gasteiger partial charge on any atom is -0.484 e. The fourth-order valence-electron chi connectivity index (χ4n) is 1.69. The number of carbonyl (C=O) groups is 1. The SMILES string of the molecule is Cn1c(NNC(=O)COc2ccccc2)cc(=O)n(C)c1=O. The Morgan fingerprint density at radius 3 is 2.50 bits per heavy atom. The van der Waals surface area contributed by atoms with E-state index in [4.69, 9.17) is 4.74 Å². The number of hydrogen-bond donors (Lipinski definition) is 2. The number of ether oxygens (including phenoxy) is 1. The van der Waals surface area contributed by atoms with Gasteiger partial charge in [0.1, 0.15) is 11.6 Å². The van der Waals surface area contributed by atoms with Gasteiger partial charge < -0.3 is 4.74 Å². The highest BCUT2D eigenvalue weighted by atomic mass is 16.5. The lowest BCUT2D eigenvalue weighted by molar-refractivity contribution is -0.122. The first-order chi connectivity index (χ1) is 10.5. The Kier molecular flexibility index (Phi) is 4.62. The summed E-state index contributed by atoms with van der Waals surface area (Å²) in [6.45, 7) is -0.199. The van der Waals surface area contributed by atoms with E-state index in [0.717, 1.165) is 4.57 Å². The van der Waals surface area contributed by atoms with Gasteiger partial charge in [-0.1, -0.05) is 18.2 Å². The number of carbonyl (C=O) groups excluding carboxylic acids is 1. The number of amides is 1. The number of aromatic nitrogens is 2. The molecule has 8 nitrogen and oxygen atoms in total. The van der Waals surface area contributed by atoms with Gasteiger partial charge >= 0.3 is 5.69 Å². The zero-order chi connectivity index (χ0) is 16.1. The predicted octanol–water partition coefficient (Wildman–Crippen LogP) is -0.394. The number of para-hydroxylation sites is 1. The summed E-state index contributed by atoms with van der Waals surface area (Å²) < 4.78 is 7.44. The average Bonchev–Trinajstić information content (AvgIpc) is 2.54. The smallest absolute Gasteiger partial charge is 0.332 e. The first-order valence-corrected chi connectivity index (χ1v) is 6.49. The van der Waals surface area contributed by atoms with Gasteiger partial charge in [-0.3, -0.25) is 29.6 Å². The fourth-order valence-corrected chi connectivity index (χ4v) is 1.69. The minimum absolute atomic E-state index is 0.182. The van der Waals surface area contributed by atoms with Crippen LogP contribution in [0.4, 0.5) is 5.82 Å². The third-order valence-electron chi connectivity index (χ3n) is 2.97. The summed E-state index contributed by atoms with van der Waals surface area (Å²) in [5.41, 5.74) is 3.92. The molecule has 0 aliphatic rings. The molecule has 0 aliphatic heterocycles. The lowest BCUT2D eigenvalue weighted by Gasteiger charge is -2.13. The Labute approximate surface area is 125 Å². The van der Waals surface area contributed by atoms with Crippen LogP contribution in [0.5, 0.6) is 5.75 Å². The normalized spacial score (nSPS) is 10.1. The maximum Gasteiger partial charge on any atom is 0.332 e. The van der Waals surface area contributed by atoms with Crippen molar-refractivity contribution in [3.8, 4) is 5.75 Å². The summed E-state index contributed by atoms with van der Waals surface area (Å²) in [5.74, 6) is 0.303. The maximum atomic E-state index is 11.7. The first-order valence-electron chi connectivity index (χ1n) is 6.49. The highest BCUT2D eigenvalue weighted by molar-refractivity contribution is 5.78. The molecule has 1 amide bonds. The molecule has 0 fully saturated rings. The number of benzene rings is 1. The molecule has 1 heterocycles. The summed E-state index contributed by atoms with van der Waals surface area (Å²) in [6, 6.07) is 10.1. The molecule has 0 bridgehead atoms. The van der Waals surface area contributed by atoms with Crippen LogP contribution in [0.2, 0.25) is 0 Å². The van der Waals surface area contributed by atoms with Gasteiger partial charge in [0.05, 0.1) is 0 Å². The second kappa shape index (κ2) is 6.61. The monoisotopic (exact) mass is 304 g/mol. The second-order valence-electron chi connectivity index (χ2n) is 4.54. The number of rotatable bonds is 5. The van der Waals surface area contributed by atoms with E-state index in [-0.39, 0.29) is 12.4 Å². The standard InChI is InChI=1S/C14H16N4O4/c1-17-11(8-13(20)18(2)14(17)21)15-16-12(19)9-22-10-6-4-3-5-7-10/h3-8,15H,9H2,1-2H3,(H,16,19). The second-order valence-corrected chi connectivity index (χ2v) is 4.54. The van der Waals surface area contributed by atoms with Gasteiger partial charge in [-0.05, 0) is 12.1 Å². The fraction of sp³-hybridized carbons (Fsp3) is 0.214. The molecule has 116 valence electrons. The lowest BCUT2D eigenvalue weighted by atomic mass is 10.3. The molecule has 1 aromatic carbocycles. The molecule has 0 saturated carbocycles. The van der Waals surface area contributed by atoms with Crippen molar-refractivity contribution in [3.05, 3.63) is 57.2 Å². The average molecular weight is 304 g/mol. The minimum atomic E-state index is -0.496. The first kappa shape index (κ1) is 15.4. The van der Waals surface area contributed by atoms with Gasteiger partial charge in [0.2, 0.25) is 0 Å². The molecule has 0 saturated heterocycles. The van der Waals surface area contributed by atoms with Crippen molar-refractivity contribution in [2.24, 2.45) is 14.1 Å². The van der Waals surface area contributed by atoms with E-state index in [2.05, 4.69) is 10.9 Å². The maximum absolute atomic E-state index is 11.7. The van der Waals surface area contributed by atoms with Crippen LogP contribution in [0.25, 0.3) is 0 Å². The Balaban J connectivity index is 1.94. The predicted molar refractivity (Wildman–Crippen MR) is 80.6 cm³/mol. The van der Waals surface area contributed by atoms with Gasteiger partial charge in [-0.2, -0.15) is 0 Å². The summed E-state index contributed by atoms with van der Waals surface area (Å²) >= 11 is 0. The van der Waals surface area contributed by atoms with Crippen LogP contribution in [0.15, 0.2) is 46.0 Å². The van der Waals surface area contributed by atoms with E-state index in [0.29, 0.717) is 5.75 Å². The van der Waals surface area contributed by atoms with Crippen molar-refractivity contribution in [2.75, 3.05) is 12.0 Å². The largest absolute Gasteiger partial charge is 0.484 e. The molecule has 1 aromatic heterocycles. The molecule has 0 radical (unpaired) electrons. The highest BCUT2D eigenvalue weighted by Gasteiger charge is 2.07. The van der Waals surface area contributed by atoms with Crippen LogP contribution in [0.1, 0.15) is 0 Å². The van der Waals surface area contributed by atoms with E-state index in [1.54, 1.807) is 24.3 Å². The van der Waals surface area contributed by atoms with Crippen LogP contribution in [0, 0.1) is 0 Å². The van der Waals surface area contributed by atoms with E-state index in [1.165, 1.54) is 24.7 Å². The number of nitrogens with zero attached hydrogens (tertiary/aromatic N) is 2. The summed E-state index contributed by atoms with van der Waals surface area (Å²) in [7, 11) is 2.86. The van der Waals surface area contributed by atoms with Crippen LogP contribution in [-0.2, 0) is 18.9 Å². The Bertz CT molecular complexity index is 780. The van der Waals surface area contributed by atoms with Gasteiger partial charge in [-0.25, -0.2) is 4.79 Å². The van der Waals surface area contributed by atoms with Gasteiger partial charge in [0.15, 0.2) is 6.61 Å². The Hall–Kier alpha value is -3.03. The van der Waals surface area contributed by atoms with E-state index in [9.17, 15) is 14.4 Å². The van der Waals surface area contributed by atoms with E-state index < -0.39 is 17.2 Å². The van der Waals surface area contributed by atoms with Gasteiger partial charge in [0, 0.05) is 20.2 Å². The van der Waals surface area contributed by atoms with Crippen LogP contribution in [0.3, 0.4) is 0 Å². The van der Waals surface area contributed by atoms with Crippen molar-refractivity contribution in [1.29, 1.82) is 0 Å². The number of hydrogen-bond acceptors (Lipinski definition) is 5. The van der Waals surface area contributed by atoms with Crippen molar-refractivity contribution >= 4 is 11.7 Å². The molecular formula is C14H16N4O4. The van der Waals surface area contributed by atoms with Crippen molar-refractivity contribution in [3.63, 3.8) is 0 Å².